The van der Waals surface area contributed by atoms with Crippen LogP contribution in [0.5, 0.6) is 0 Å². The highest BCUT2D eigenvalue weighted by Crippen LogP contribution is 2.22. The number of carbonyl (C=O) groups excluding carboxylic acids is 1. The molecular formula is C16H19NO4. The van der Waals surface area contributed by atoms with Gasteiger partial charge in [0.15, 0.2) is 0 Å². The lowest BCUT2D eigenvalue weighted by Crippen LogP contribution is -2.28. The largest absolute Gasteiger partial charge is 0.481 e. The number of hydrogen-bond acceptors (Lipinski definition) is 3. The van der Waals surface area contributed by atoms with Crippen molar-refractivity contribution in [1.29, 1.82) is 0 Å². The second-order valence-electron chi connectivity index (χ2n) is 5.32. The molecule has 2 aromatic rings. The molecule has 0 radical (unpaired) electrons. The maximum Gasteiger partial charge on any atom is 0.306 e. The number of carboxylic acid groups (broad SMARTS) is 1. The maximum atomic E-state index is 11.9. The van der Waals surface area contributed by atoms with Crippen LogP contribution in [0.15, 0.2) is 28.9 Å². The first-order valence-electron chi connectivity index (χ1n) is 6.93. The summed E-state index contributed by atoms with van der Waals surface area (Å²) in [6.07, 6.45) is 2.26. The standard InChI is InChI=1S/C16H19NO4/c1-10-3-4-13-12(9-21-14(13)7-10)8-15(18)17-6-5-11(2)16(19)20/h3-4,7,9,11H,5-6,8H2,1-2H3,(H,17,18)(H,19,20). The molecule has 21 heavy (non-hydrogen) atoms. The summed E-state index contributed by atoms with van der Waals surface area (Å²) in [5, 5.41) is 12.4. The summed E-state index contributed by atoms with van der Waals surface area (Å²) in [5.74, 6) is -1.43. The maximum absolute atomic E-state index is 11.9. The Morgan fingerprint density at radius 3 is 2.86 bits per heavy atom. The van der Waals surface area contributed by atoms with Gasteiger partial charge >= 0.3 is 5.97 Å². The van der Waals surface area contributed by atoms with E-state index in [4.69, 9.17) is 9.52 Å². The molecule has 0 spiro atoms. The summed E-state index contributed by atoms with van der Waals surface area (Å²) in [6.45, 7) is 3.97. The molecule has 5 heteroatoms. The molecule has 0 bridgehead atoms. The summed E-state index contributed by atoms with van der Waals surface area (Å²) >= 11 is 0. The van der Waals surface area contributed by atoms with Crippen LogP contribution in [-0.4, -0.2) is 23.5 Å². The molecule has 5 nitrogen and oxygen atoms in total. The third kappa shape index (κ3) is 3.84. The Morgan fingerprint density at radius 1 is 1.38 bits per heavy atom. The Kier molecular flexibility index (Phi) is 4.62. The summed E-state index contributed by atoms with van der Waals surface area (Å²) < 4.78 is 5.45. The molecule has 0 aliphatic rings. The Labute approximate surface area is 122 Å². The number of rotatable bonds is 6. The molecule has 112 valence electrons. The molecule has 1 aromatic carbocycles. The number of carbonyl (C=O) groups is 2. The van der Waals surface area contributed by atoms with E-state index in [1.165, 1.54) is 0 Å². The van der Waals surface area contributed by atoms with Crippen molar-refractivity contribution in [2.75, 3.05) is 6.54 Å². The number of carboxylic acids is 1. The lowest BCUT2D eigenvalue weighted by Gasteiger charge is -2.07. The van der Waals surface area contributed by atoms with E-state index < -0.39 is 11.9 Å². The van der Waals surface area contributed by atoms with Crippen LogP contribution in [0.25, 0.3) is 11.0 Å². The molecule has 1 aromatic heterocycles. The van der Waals surface area contributed by atoms with Crippen molar-refractivity contribution in [3.63, 3.8) is 0 Å². The molecule has 2 N–H and O–H groups in total. The zero-order chi connectivity index (χ0) is 15.4. The highest BCUT2D eigenvalue weighted by molar-refractivity contribution is 5.87. The molecule has 0 saturated heterocycles. The van der Waals surface area contributed by atoms with Crippen LogP contribution < -0.4 is 5.32 Å². The first kappa shape index (κ1) is 15.1. The third-order valence-corrected chi connectivity index (χ3v) is 3.48. The number of aryl methyl sites for hydroxylation is 1. The minimum atomic E-state index is -0.847. The number of aliphatic carboxylic acids is 1. The normalized spacial score (nSPS) is 12.3. The number of benzene rings is 1. The van der Waals surface area contributed by atoms with Gasteiger partial charge in [0.2, 0.25) is 5.91 Å². The molecule has 0 aliphatic carbocycles. The van der Waals surface area contributed by atoms with Crippen molar-refractivity contribution < 1.29 is 19.1 Å². The average Bonchev–Trinajstić information content (AvgIpc) is 2.80. The Hall–Kier alpha value is -2.30. The van der Waals surface area contributed by atoms with Crippen molar-refractivity contribution in [2.24, 2.45) is 5.92 Å². The average molecular weight is 289 g/mol. The number of fused-ring (bicyclic) bond motifs is 1. The fourth-order valence-corrected chi connectivity index (χ4v) is 2.11. The van der Waals surface area contributed by atoms with Crippen molar-refractivity contribution >= 4 is 22.8 Å². The summed E-state index contributed by atoms with van der Waals surface area (Å²) in [6, 6.07) is 5.86. The smallest absolute Gasteiger partial charge is 0.306 e. The Bertz CT molecular complexity index is 659. The van der Waals surface area contributed by atoms with Gasteiger partial charge in [-0.15, -0.1) is 0 Å². The molecular weight excluding hydrogens is 270 g/mol. The molecule has 2 rings (SSSR count). The van der Waals surface area contributed by atoms with E-state index in [2.05, 4.69) is 5.32 Å². The van der Waals surface area contributed by atoms with Gasteiger partial charge in [0.05, 0.1) is 18.6 Å². The number of nitrogens with one attached hydrogen (secondary N) is 1. The summed E-state index contributed by atoms with van der Waals surface area (Å²) in [5.41, 5.74) is 2.72. The van der Waals surface area contributed by atoms with Crippen LogP contribution in [0.2, 0.25) is 0 Å². The molecule has 0 fully saturated rings. The fourth-order valence-electron chi connectivity index (χ4n) is 2.11. The Balaban J connectivity index is 1.91. The van der Waals surface area contributed by atoms with E-state index in [0.29, 0.717) is 13.0 Å². The van der Waals surface area contributed by atoms with Gasteiger partial charge in [-0.05, 0) is 25.0 Å². The van der Waals surface area contributed by atoms with E-state index in [-0.39, 0.29) is 12.3 Å². The molecule has 0 saturated carbocycles. The van der Waals surface area contributed by atoms with Crippen molar-refractivity contribution in [3.8, 4) is 0 Å². The highest BCUT2D eigenvalue weighted by atomic mass is 16.4. The quantitative estimate of drug-likeness (QED) is 0.856. The molecule has 1 unspecified atom stereocenters. The molecule has 1 atom stereocenters. The van der Waals surface area contributed by atoms with Gasteiger partial charge < -0.3 is 14.8 Å². The van der Waals surface area contributed by atoms with Gasteiger partial charge in [0, 0.05) is 17.5 Å². The van der Waals surface area contributed by atoms with Gasteiger partial charge in [0.1, 0.15) is 5.58 Å². The van der Waals surface area contributed by atoms with Crippen LogP contribution in [0.3, 0.4) is 0 Å². The fraction of sp³-hybridized carbons (Fsp3) is 0.375. The summed E-state index contributed by atoms with van der Waals surface area (Å²) in [7, 11) is 0. The highest BCUT2D eigenvalue weighted by Gasteiger charge is 2.13. The number of furan rings is 1. The second-order valence-corrected chi connectivity index (χ2v) is 5.32. The van der Waals surface area contributed by atoms with Crippen LogP contribution >= 0.6 is 0 Å². The molecule has 1 amide bonds. The van der Waals surface area contributed by atoms with Gasteiger partial charge in [-0.2, -0.15) is 0 Å². The first-order valence-corrected chi connectivity index (χ1v) is 6.93. The van der Waals surface area contributed by atoms with E-state index in [9.17, 15) is 9.59 Å². The predicted molar refractivity (Wildman–Crippen MR) is 79.1 cm³/mol. The lowest BCUT2D eigenvalue weighted by atomic mass is 10.1. The van der Waals surface area contributed by atoms with E-state index in [0.717, 1.165) is 22.1 Å². The monoisotopic (exact) mass is 289 g/mol. The molecule has 0 aliphatic heterocycles. The van der Waals surface area contributed by atoms with Crippen molar-refractivity contribution in [2.45, 2.75) is 26.7 Å². The van der Waals surface area contributed by atoms with E-state index in [1.807, 2.05) is 25.1 Å². The van der Waals surface area contributed by atoms with Crippen molar-refractivity contribution in [3.05, 3.63) is 35.6 Å². The van der Waals surface area contributed by atoms with Crippen LogP contribution in [0.4, 0.5) is 0 Å². The van der Waals surface area contributed by atoms with Gasteiger partial charge in [-0.1, -0.05) is 19.1 Å². The zero-order valence-electron chi connectivity index (χ0n) is 12.2. The van der Waals surface area contributed by atoms with Gasteiger partial charge in [0.25, 0.3) is 0 Å². The third-order valence-electron chi connectivity index (χ3n) is 3.48. The van der Waals surface area contributed by atoms with Crippen LogP contribution in [0.1, 0.15) is 24.5 Å². The zero-order valence-corrected chi connectivity index (χ0v) is 12.2. The minimum Gasteiger partial charge on any atom is -0.481 e. The SMILES string of the molecule is Cc1ccc2c(CC(=O)NCCC(C)C(=O)O)coc2c1. The summed E-state index contributed by atoms with van der Waals surface area (Å²) in [4.78, 5) is 22.6. The lowest BCUT2D eigenvalue weighted by molar-refractivity contribution is -0.141. The number of hydrogen-bond donors (Lipinski definition) is 2. The van der Waals surface area contributed by atoms with Crippen molar-refractivity contribution in [1.82, 2.24) is 5.32 Å². The Morgan fingerprint density at radius 2 is 2.14 bits per heavy atom. The van der Waals surface area contributed by atoms with Crippen LogP contribution in [0, 0.1) is 12.8 Å². The van der Waals surface area contributed by atoms with Gasteiger partial charge in [-0.25, -0.2) is 0 Å². The van der Waals surface area contributed by atoms with Gasteiger partial charge in [-0.3, -0.25) is 9.59 Å². The van der Waals surface area contributed by atoms with E-state index >= 15 is 0 Å². The first-order chi connectivity index (χ1) is 9.97. The predicted octanol–water partition coefficient (Wildman–Crippen LogP) is 2.51. The molecule has 1 heterocycles. The van der Waals surface area contributed by atoms with Crippen LogP contribution in [-0.2, 0) is 16.0 Å². The second kappa shape index (κ2) is 6.43. The number of amides is 1. The van der Waals surface area contributed by atoms with E-state index in [1.54, 1.807) is 13.2 Å². The minimum absolute atomic E-state index is 0.129. The topological polar surface area (TPSA) is 79.5 Å².